The Kier molecular flexibility index (Phi) is 8.18. The highest BCUT2D eigenvalue weighted by atomic mass is 16.6. The van der Waals surface area contributed by atoms with E-state index in [1.165, 1.54) is 12.8 Å². The van der Waals surface area contributed by atoms with Gasteiger partial charge < -0.3 is 15.0 Å². The Bertz CT molecular complexity index is 318. The first-order valence-electron chi connectivity index (χ1n) is 8.69. The first-order chi connectivity index (χ1) is 10.3. The molecule has 1 amide bonds. The molecule has 0 aromatic carbocycles. The fourth-order valence-electron chi connectivity index (χ4n) is 2.42. The molecule has 130 valence electrons. The van der Waals surface area contributed by atoms with Crippen LogP contribution in [0.2, 0.25) is 0 Å². The van der Waals surface area contributed by atoms with Crippen molar-refractivity contribution in [1.29, 1.82) is 0 Å². The number of nitrogens with zero attached hydrogens (tertiary/aromatic N) is 2. The minimum Gasteiger partial charge on any atom is -0.444 e. The molecule has 1 rings (SSSR count). The second kappa shape index (κ2) is 9.36. The Hall–Kier alpha value is -0.810. The van der Waals surface area contributed by atoms with Gasteiger partial charge in [0.2, 0.25) is 0 Å². The summed E-state index contributed by atoms with van der Waals surface area (Å²) in [6, 6.07) is 0. The third-order valence-electron chi connectivity index (χ3n) is 3.75. The van der Waals surface area contributed by atoms with Crippen molar-refractivity contribution in [2.75, 3.05) is 45.8 Å². The average Bonchev–Trinajstić information content (AvgIpc) is 2.41. The van der Waals surface area contributed by atoms with E-state index in [9.17, 15) is 4.79 Å². The Labute approximate surface area is 136 Å². The predicted octanol–water partition coefficient (Wildman–Crippen LogP) is 2.56. The van der Waals surface area contributed by atoms with Crippen LogP contribution in [0.15, 0.2) is 0 Å². The van der Waals surface area contributed by atoms with Crippen LogP contribution in [-0.4, -0.2) is 67.3 Å². The maximum Gasteiger partial charge on any atom is 0.410 e. The number of hydrogen-bond donors (Lipinski definition) is 1. The lowest BCUT2D eigenvalue weighted by Gasteiger charge is -2.35. The molecule has 0 bridgehead atoms. The predicted molar refractivity (Wildman–Crippen MR) is 91.2 cm³/mol. The molecule has 5 heteroatoms. The van der Waals surface area contributed by atoms with E-state index in [0.717, 1.165) is 51.7 Å². The van der Waals surface area contributed by atoms with Crippen LogP contribution in [0.4, 0.5) is 4.79 Å². The lowest BCUT2D eigenvalue weighted by molar-refractivity contribution is 0.0144. The summed E-state index contributed by atoms with van der Waals surface area (Å²) in [7, 11) is 0. The highest BCUT2D eigenvalue weighted by Crippen LogP contribution is 2.11. The molecule has 1 aliphatic heterocycles. The van der Waals surface area contributed by atoms with Crippen LogP contribution in [0.3, 0.4) is 0 Å². The zero-order valence-electron chi connectivity index (χ0n) is 15.2. The standard InChI is InChI=1S/C17H35N3O2/c1-15(2)7-9-18-8-6-10-19-11-13-20(14-12-19)16(21)22-17(3,4)5/h15,18H,6-14H2,1-5H3. The molecule has 0 aromatic rings. The summed E-state index contributed by atoms with van der Waals surface area (Å²) in [5, 5.41) is 3.50. The summed E-state index contributed by atoms with van der Waals surface area (Å²) >= 11 is 0. The van der Waals surface area contributed by atoms with Crippen molar-refractivity contribution >= 4 is 6.09 Å². The Morgan fingerprint density at radius 3 is 2.32 bits per heavy atom. The molecule has 5 nitrogen and oxygen atoms in total. The topological polar surface area (TPSA) is 44.8 Å². The highest BCUT2D eigenvalue weighted by molar-refractivity contribution is 5.68. The number of carbonyl (C=O) groups excluding carboxylic acids is 1. The molecule has 0 spiro atoms. The van der Waals surface area contributed by atoms with Gasteiger partial charge in [-0.1, -0.05) is 13.8 Å². The number of hydrogen-bond acceptors (Lipinski definition) is 4. The number of rotatable bonds is 7. The van der Waals surface area contributed by atoms with E-state index in [1.54, 1.807) is 0 Å². The second-order valence-electron chi connectivity index (χ2n) is 7.60. The fourth-order valence-corrected chi connectivity index (χ4v) is 2.42. The zero-order chi connectivity index (χ0) is 16.6. The summed E-state index contributed by atoms with van der Waals surface area (Å²) in [6.07, 6.45) is 2.24. The second-order valence-corrected chi connectivity index (χ2v) is 7.60. The average molecular weight is 313 g/mol. The molecule has 1 saturated heterocycles. The van der Waals surface area contributed by atoms with Gasteiger partial charge in [-0.2, -0.15) is 0 Å². The lowest BCUT2D eigenvalue weighted by Crippen LogP contribution is -2.50. The molecular formula is C17H35N3O2. The van der Waals surface area contributed by atoms with Crippen molar-refractivity contribution in [1.82, 2.24) is 15.1 Å². The van der Waals surface area contributed by atoms with Gasteiger partial charge in [0.15, 0.2) is 0 Å². The van der Waals surface area contributed by atoms with Gasteiger partial charge in [0, 0.05) is 26.2 Å². The van der Waals surface area contributed by atoms with E-state index in [2.05, 4.69) is 24.1 Å². The van der Waals surface area contributed by atoms with Crippen LogP contribution >= 0.6 is 0 Å². The van der Waals surface area contributed by atoms with Crippen molar-refractivity contribution in [3.63, 3.8) is 0 Å². The van der Waals surface area contributed by atoms with E-state index < -0.39 is 5.60 Å². The Morgan fingerprint density at radius 1 is 1.14 bits per heavy atom. The number of amides is 1. The molecule has 1 N–H and O–H groups in total. The van der Waals surface area contributed by atoms with Gasteiger partial charge in [-0.15, -0.1) is 0 Å². The summed E-state index contributed by atoms with van der Waals surface area (Å²) in [6.45, 7) is 17.0. The zero-order valence-corrected chi connectivity index (χ0v) is 15.2. The fraction of sp³-hybridized carbons (Fsp3) is 0.941. The van der Waals surface area contributed by atoms with Crippen molar-refractivity contribution in [2.45, 2.75) is 53.1 Å². The van der Waals surface area contributed by atoms with E-state index in [-0.39, 0.29) is 6.09 Å². The number of piperazine rings is 1. The van der Waals surface area contributed by atoms with Crippen LogP contribution in [-0.2, 0) is 4.74 Å². The van der Waals surface area contributed by atoms with Crippen molar-refractivity contribution < 1.29 is 9.53 Å². The molecule has 0 aromatic heterocycles. The normalized spacial score (nSPS) is 17.1. The molecular weight excluding hydrogens is 278 g/mol. The lowest BCUT2D eigenvalue weighted by atomic mass is 10.1. The largest absolute Gasteiger partial charge is 0.444 e. The first-order valence-corrected chi connectivity index (χ1v) is 8.69. The summed E-state index contributed by atoms with van der Waals surface area (Å²) < 4.78 is 5.42. The molecule has 0 saturated carbocycles. The molecule has 1 fully saturated rings. The first kappa shape index (κ1) is 19.2. The molecule has 0 atom stereocenters. The van der Waals surface area contributed by atoms with E-state index in [1.807, 2.05) is 25.7 Å². The summed E-state index contributed by atoms with van der Waals surface area (Å²) in [5.74, 6) is 0.772. The van der Waals surface area contributed by atoms with E-state index >= 15 is 0 Å². The molecule has 0 unspecified atom stereocenters. The van der Waals surface area contributed by atoms with Gasteiger partial charge in [0.1, 0.15) is 5.60 Å². The third-order valence-corrected chi connectivity index (χ3v) is 3.75. The van der Waals surface area contributed by atoms with Crippen LogP contribution in [0.25, 0.3) is 0 Å². The van der Waals surface area contributed by atoms with E-state index in [4.69, 9.17) is 4.74 Å². The quantitative estimate of drug-likeness (QED) is 0.734. The molecule has 1 heterocycles. The monoisotopic (exact) mass is 313 g/mol. The van der Waals surface area contributed by atoms with Crippen molar-refractivity contribution in [3.05, 3.63) is 0 Å². The van der Waals surface area contributed by atoms with Gasteiger partial charge in [0.25, 0.3) is 0 Å². The van der Waals surface area contributed by atoms with Crippen LogP contribution in [0, 0.1) is 5.92 Å². The molecule has 0 aliphatic carbocycles. The SMILES string of the molecule is CC(C)CCNCCCN1CCN(C(=O)OC(C)(C)C)CC1. The highest BCUT2D eigenvalue weighted by Gasteiger charge is 2.25. The maximum absolute atomic E-state index is 12.0. The molecule has 1 aliphatic rings. The van der Waals surface area contributed by atoms with Crippen molar-refractivity contribution in [3.8, 4) is 0 Å². The van der Waals surface area contributed by atoms with Crippen LogP contribution in [0.1, 0.15) is 47.5 Å². The maximum atomic E-state index is 12.0. The van der Waals surface area contributed by atoms with Crippen LogP contribution in [0.5, 0.6) is 0 Å². The smallest absolute Gasteiger partial charge is 0.410 e. The van der Waals surface area contributed by atoms with Gasteiger partial charge in [0.05, 0.1) is 0 Å². The third kappa shape index (κ3) is 8.59. The van der Waals surface area contributed by atoms with Gasteiger partial charge in [-0.05, 0) is 59.2 Å². The Balaban J connectivity index is 2.09. The summed E-state index contributed by atoms with van der Waals surface area (Å²) in [5.41, 5.74) is -0.407. The number of nitrogens with one attached hydrogen (secondary N) is 1. The minimum absolute atomic E-state index is 0.178. The molecule has 22 heavy (non-hydrogen) atoms. The summed E-state index contributed by atoms with van der Waals surface area (Å²) in [4.78, 5) is 16.2. The number of ether oxygens (including phenoxy) is 1. The van der Waals surface area contributed by atoms with E-state index in [0.29, 0.717) is 0 Å². The minimum atomic E-state index is -0.407. The van der Waals surface area contributed by atoms with Crippen LogP contribution < -0.4 is 5.32 Å². The van der Waals surface area contributed by atoms with Gasteiger partial charge in [-0.3, -0.25) is 4.90 Å². The molecule has 0 radical (unpaired) electrons. The van der Waals surface area contributed by atoms with Gasteiger partial charge in [-0.25, -0.2) is 4.79 Å². The Morgan fingerprint density at radius 2 is 1.77 bits per heavy atom. The number of carbonyl (C=O) groups is 1. The van der Waals surface area contributed by atoms with Gasteiger partial charge >= 0.3 is 6.09 Å². The van der Waals surface area contributed by atoms with Crippen molar-refractivity contribution in [2.24, 2.45) is 5.92 Å².